The van der Waals surface area contributed by atoms with Crippen molar-refractivity contribution in [2.45, 2.75) is 20.3 Å². The molecule has 0 aliphatic rings. The van der Waals surface area contributed by atoms with Gasteiger partial charge in [-0.05, 0) is 31.0 Å². The highest BCUT2D eigenvalue weighted by Gasteiger charge is 2.11. The van der Waals surface area contributed by atoms with Crippen molar-refractivity contribution in [3.63, 3.8) is 0 Å². The lowest BCUT2D eigenvalue weighted by molar-refractivity contribution is 0.102. The minimum absolute atomic E-state index is 0.0502. The predicted octanol–water partition coefficient (Wildman–Crippen LogP) is 1.19. The molecular formula is C14H15N3O3. The Kier molecular flexibility index (Phi) is 3.84. The maximum absolute atomic E-state index is 12.0. The fraction of sp³-hybridized carbons (Fsp3) is 0.214. The van der Waals surface area contributed by atoms with E-state index in [2.05, 4.69) is 15.3 Å². The minimum Gasteiger partial charge on any atom is -0.316 e. The van der Waals surface area contributed by atoms with Crippen LogP contribution in [-0.4, -0.2) is 15.9 Å². The van der Waals surface area contributed by atoms with Gasteiger partial charge < -0.3 is 10.3 Å². The van der Waals surface area contributed by atoms with E-state index in [9.17, 15) is 14.4 Å². The molecule has 3 N–H and O–H groups in total. The molecule has 1 heterocycles. The maximum atomic E-state index is 12.0. The van der Waals surface area contributed by atoms with Crippen molar-refractivity contribution in [2.75, 3.05) is 5.32 Å². The van der Waals surface area contributed by atoms with Crippen molar-refractivity contribution in [1.82, 2.24) is 9.97 Å². The number of aryl methyl sites for hydroxylation is 2. The first-order chi connectivity index (χ1) is 9.51. The summed E-state index contributed by atoms with van der Waals surface area (Å²) in [5.74, 6) is -0.395. The first-order valence-corrected chi connectivity index (χ1v) is 6.24. The number of carbonyl (C=O) groups is 1. The van der Waals surface area contributed by atoms with Crippen LogP contribution in [0.1, 0.15) is 28.5 Å². The average molecular weight is 273 g/mol. The Balaban J connectivity index is 2.27. The third-order valence-corrected chi connectivity index (χ3v) is 2.99. The first kappa shape index (κ1) is 13.8. The van der Waals surface area contributed by atoms with Crippen LogP contribution in [0.2, 0.25) is 0 Å². The SMILES string of the molecule is CCc1ccc(C(=O)Nc2c(C)[nH]c(=O)[nH]c2=O)cc1. The van der Waals surface area contributed by atoms with Gasteiger partial charge in [0.25, 0.3) is 11.5 Å². The summed E-state index contributed by atoms with van der Waals surface area (Å²) in [6, 6.07) is 7.12. The van der Waals surface area contributed by atoms with Gasteiger partial charge in [-0.25, -0.2) is 4.79 Å². The number of benzene rings is 1. The molecule has 0 aliphatic heterocycles. The molecule has 0 saturated heterocycles. The zero-order valence-corrected chi connectivity index (χ0v) is 11.2. The normalized spacial score (nSPS) is 10.3. The second kappa shape index (κ2) is 5.56. The number of nitrogens with one attached hydrogen (secondary N) is 3. The van der Waals surface area contributed by atoms with Crippen LogP contribution in [0.5, 0.6) is 0 Å². The molecule has 1 aromatic carbocycles. The lowest BCUT2D eigenvalue weighted by atomic mass is 10.1. The van der Waals surface area contributed by atoms with Gasteiger partial charge in [0.2, 0.25) is 0 Å². The van der Waals surface area contributed by atoms with E-state index in [1.54, 1.807) is 19.1 Å². The van der Waals surface area contributed by atoms with Gasteiger partial charge in [0, 0.05) is 11.3 Å². The van der Waals surface area contributed by atoms with Crippen molar-refractivity contribution in [3.05, 3.63) is 61.9 Å². The van der Waals surface area contributed by atoms with Crippen molar-refractivity contribution < 1.29 is 4.79 Å². The third-order valence-electron chi connectivity index (χ3n) is 2.99. The van der Waals surface area contributed by atoms with Crippen LogP contribution in [0.4, 0.5) is 5.69 Å². The molecule has 6 nitrogen and oxygen atoms in total. The number of H-pyrrole nitrogens is 2. The highest BCUT2D eigenvalue weighted by molar-refractivity contribution is 6.04. The number of hydrogen-bond acceptors (Lipinski definition) is 3. The average Bonchev–Trinajstić information content (AvgIpc) is 2.42. The van der Waals surface area contributed by atoms with Gasteiger partial charge in [-0.2, -0.15) is 0 Å². The summed E-state index contributed by atoms with van der Waals surface area (Å²) in [6.07, 6.45) is 0.889. The molecule has 0 spiro atoms. The molecule has 6 heteroatoms. The quantitative estimate of drug-likeness (QED) is 0.783. The summed E-state index contributed by atoms with van der Waals surface area (Å²) in [7, 11) is 0. The second-order valence-electron chi connectivity index (χ2n) is 4.41. The van der Waals surface area contributed by atoms with Gasteiger partial charge in [-0.3, -0.25) is 14.6 Å². The van der Waals surface area contributed by atoms with Crippen molar-refractivity contribution >= 4 is 11.6 Å². The third kappa shape index (κ3) is 2.85. The summed E-state index contributed by atoms with van der Waals surface area (Å²) in [5, 5.41) is 2.51. The van der Waals surface area contributed by atoms with Crippen LogP contribution < -0.4 is 16.6 Å². The van der Waals surface area contributed by atoms with E-state index in [4.69, 9.17) is 0 Å². The van der Waals surface area contributed by atoms with Gasteiger partial charge in [0.15, 0.2) is 0 Å². The standard InChI is InChI=1S/C14H15N3O3/c1-3-9-4-6-10(7-5-9)12(18)16-11-8(2)15-14(20)17-13(11)19/h4-7H,3H2,1-2H3,(H,16,18)(H2,15,17,19,20). The number of aromatic nitrogens is 2. The van der Waals surface area contributed by atoms with Gasteiger partial charge in [0.1, 0.15) is 5.69 Å². The Hall–Kier alpha value is -2.63. The Morgan fingerprint density at radius 2 is 1.80 bits per heavy atom. The molecule has 2 rings (SSSR count). The van der Waals surface area contributed by atoms with E-state index in [-0.39, 0.29) is 5.69 Å². The van der Waals surface area contributed by atoms with Crippen LogP contribution in [0, 0.1) is 6.92 Å². The van der Waals surface area contributed by atoms with Crippen molar-refractivity contribution in [3.8, 4) is 0 Å². The zero-order valence-electron chi connectivity index (χ0n) is 11.2. The van der Waals surface area contributed by atoms with Gasteiger partial charge in [-0.15, -0.1) is 0 Å². The molecule has 0 saturated carbocycles. The van der Waals surface area contributed by atoms with Crippen LogP contribution in [0.25, 0.3) is 0 Å². The maximum Gasteiger partial charge on any atom is 0.326 e. The largest absolute Gasteiger partial charge is 0.326 e. The Labute approximate surface area is 114 Å². The number of aromatic amines is 2. The van der Waals surface area contributed by atoms with E-state index < -0.39 is 17.2 Å². The molecule has 0 aliphatic carbocycles. The molecule has 2 aromatic rings. The summed E-state index contributed by atoms with van der Waals surface area (Å²) in [5.41, 5.74) is 0.723. The molecule has 1 amide bonds. The molecule has 0 radical (unpaired) electrons. The molecule has 0 unspecified atom stereocenters. The second-order valence-corrected chi connectivity index (χ2v) is 4.41. The van der Waals surface area contributed by atoms with Crippen LogP contribution in [0.3, 0.4) is 0 Å². The van der Waals surface area contributed by atoms with Crippen molar-refractivity contribution in [1.29, 1.82) is 0 Å². The molecule has 104 valence electrons. The first-order valence-electron chi connectivity index (χ1n) is 6.24. The van der Waals surface area contributed by atoms with E-state index in [1.807, 2.05) is 19.1 Å². The monoisotopic (exact) mass is 273 g/mol. The highest BCUT2D eigenvalue weighted by atomic mass is 16.2. The molecular weight excluding hydrogens is 258 g/mol. The smallest absolute Gasteiger partial charge is 0.316 e. The number of anilines is 1. The molecule has 1 aromatic heterocycles. The van der Waals surface area contributed by atoms with Crippen LogP contribution in [-0.2, 0) is 6.42 Å². The van der Waals surface area contributed by atoms with Crippen molar-refractivity contribution in [2.24, 2.45) is 0 Å². The fourth-order valence-corrected chi connectivity index (χ4v) is 1.83. The van der Waals surface area contributed by atoms with Crippen LogP contribution >= 0.6 is 0 Å². The lowest BCUT2D eigenvalue weighted by Crippen LogP contribution is -2.28. The molecule has 20 heavy (non-hydrogen) atoms. The Bertz CT molecular complexity index is 741. The topological polar surface area (TPSA) is 94.8 Å². The van der Waals surface area contributed by atoms with Gasteiger partial charge >= 0.3 is 5.69 Å². The minimum atomic E-state index is -0.621. The summed E-state index contributed by atoms with van der Waals surface area (Å²) < 4.78 is 0. The van der Waals surface area contributed by atoms with Gasteiger partial charge in [0.05, 0.1) is 0 Å². The number of amides is 1. The van der Waals surface area contributed by atoms with E-state index in [1.165, 1.54) is 0 Å². The number of carbonyl (C=O) groups excluding carboxylic acids is 1. The molecule has 0 atom stereocenters. The van der Waals surface area contributed by atoms with E-state index >= 15 is 0 Å². The molecule has 0 fully saturated rings. The molecule has 0 bridgehead atoms. The fourth-order valence-electron chi connectivity index (χ4n) is 1.83. The Morgan fingerprint density at radius 1 is 1.15 bits per heavy atom. The lowest BCUT2D eigenvalue weighted by Gasteiger charge is -2.07. The van der Waals surface area contributed by atoms with Crippen LogP contribution in [0.15, 0.2) is 33.9 Å². The summed E-state index contributed by atoms with van der Waals surface area (Å²) >= 11 is 0. The van der Waals surface area contributed by atoms with E-state index in [0.29, 0.717) is 11.3 Å². The zero-order chi connectivity index (χ0) is 14.7. The highest BCUT2D eigenvalue weighted by Crippen LogP contribution is 2.09. The summed E-state index contributed by atoms with van der Waals surface area (Å²) in [6.45, 7) is 3.57. The number of hydrogen-bond donors (Lipinski definition) is 3. The predicted molar refractivity (Wildman–Crippen MR) is 76.2 cm³/mol. The van der Waals surface area contributed by atoms with Gasteiger partial charge in [-0.1, -0.05) is 19.1 Å². The summed E-state index contributed by atoms with van der Waals surface area (Å²) in [4.78, 5) is 39.3. The van der Waals surface area contributed by atoms with E-state index in [0.717, 1.165) is 12.0 Å². The number of rotatable bonds is 3. The Morgan fingerprint density at radius 3 is 2.35 bits per heavy atom.